The number of methoxy groups -OCH3 is 1. The summed E-state index contributed by atoms with van der Waals surface area (Å²) in [6.07, 6.45) is 7.55. The summed E-state index contributed by atoms with van der Waals surface area (Å²) in [5.41, 5.74) is 1.87. The number of ether oxygens (including phenoxy) is 4. The SMILES string of the molecule is COc1c(C(O)CC(C)(C)C)ccc2c1C(=O)OCc1c(Cl)c(C)c(C3CC3)c(OC(=O)[C@@]3(C)C[C@H]4C=C[C@@H]3C4)c1O2. The van der Waals surface area contributed by atoms with Gasteiger partial charge in [0.05, 0.1) is 29.2 Å². The van der Waals surface area contributed by atoms with Crippen molar-refractivity contribution in [3.05, 3.63) is 57.1 Å². The molecule has 4 atom stereocenters. The summed E-state index contributed by atoms with van der Waals surface area (Å²) in [6, 6.07) is 3.34. The van der Waals surface area contributed by atoms with Gasteiger partial charge in [-0.2, -0.15) is 0 Å². The van der Waals surface area contributed by atoms with Crippen molar-refractivity contribution in [2.24, 2.45) is 22.7 Å². The van der Waals surface area contributed by atoms with Crippen molar-refractivity contribution in [1.82, 2.24) is 0 Å². The molecule has 2 saturated carbocycles. The highest BCUT2D eigenvalue weighted by Gasteiger charge is 2.52. The number of esters is 2. The molecule has 0 saturated heterocycles. The Hall–Kier alpha value is -3.03. The second kappa shape index (κ2) is 10.3. The predicted octanol–water partition coefficient (Wildman–Crippen LogP) is 7.97. The molecule has 2 bridgehead atoms. The van der Waals surface area contributed by atoms with Crippen LogP contribution in [0.15, 0.2) is 24.3 Å². The van der Waals surface area contributed by atoms with Crippen LogP contribution in [0.3, 0.4) is 0 Å². The number of hydrogen-bond acceptors (Lipinski definition) is 7. The fourth-order valence-electron chi connectivity index (χ4n) is 6.97. The minimum Gasteiger partial charge on any atom is -0.495 e. The number of allylic oxidation sites excluding steroid dienone is 2. The van der Waals surface area contributed by atoms with Crippen LogP contribution in [-0.2, 0) is 16.1 Å². The zero-order chi connectivity index (χ0) is 30.1. The van der Waals surface area contributed by atoms with E-state index in [1.807, 2.05) is 34.6 Å². The van der Waals surface area contributed by atoms with Gasteiger partial charge in [0.25, 0.3) is 0 Å². The molecule has 0 spiro atoms. The number of rotatable bonds is 6. The van der Waals surface area contributed by atoms with Crippen molar-refractivity contribution >= 4 is 23.5 Å². The van der Waals surface area contributed by atoms with Crippen LogP contribution in [0.1, 0.15) is 104 Å². The summed E-state index contributed by atoms with van der Waals surface area (Å²) in [5, 5.41) is 11.5. The van der Waals surface area contributed by atoms with Crippen LogP contribution in [0.5, 0.6) is 23.0 Å². The fraction of sp³-hybridized carbons (Fsp3) is 0.529. The Morgan fingerprint density at radius 2 is 1.95 bits per heavy atom. The molecule has 0 radical (unpaired) electrons. The topological polar surface area (TPSA) is 91.3 Å². The largest absolute Gasteiger partial charge is 0.495 e. The number of fused-ring (bicyclic) bond motifs is 4. The number of benzene rings is 2. The maximum absolute atomic E-state index is 13.9. The quantitative estimate of drug-likeness (QED) is 0.206. The van der Waals surface area contributed by atoms with Crippen LogP contribution in [0, 0.1) is 29.6 Å². The summed E-state index contributed by atoms with van der Waals surface area (Å²) in [7, 11) is 1.45. The Morgan fingerprint density at radius 3 is 2.55 bits per heavy atom. The Labute approximate surface area is 252 Å². The number of aliphatic hydroxyl groups excluding tert-OH is 1. The average molecular weight is 595 g/mol. The molecule has 1 unspecified atom stereocenters. The number of halogens is 1. The molecule has 1 N–H and O–H groups in total. The molecule has 3 aliphatic carbocycles. The summed E-state index contributed by atoms with van der Waals surface area (Å²) in [4.78, 5) is 27.4. The summed E-state index contributed by atoms with van der Waals surface area (Å²) >= 11 is 6.91. The minimum absolute atomic E-state index is 0.0701. The Balaban J connectivity index is 1.47. The van der Waals surface area contributed by atoms with Gasteiger partial charge in [-0.15, -0.1) is 0 Å². The molecule has 7 nitrogen and oxygen atoms in total. The van der Waals surface area contributed by atoms with E-state index in [0.29, 0.717) is 34.2 Å². The van der Waals surface area contributed by atoms with Gasteiger partial charge in [-0.3, -0.25) is 4.79 Å². The lowest BCUT2D eigenvalue weighted by Gasteiger charge is -2.31. The molecule has 2 aromatic carbocycles. The Kier molecular flexibility index (Phi) is 7.13. The maximum Gasteiger partial charge on any atom is 0.346 e. The third-order valence-corrected chi connectivity index (χ3v) is 9.84. The van der Waals surface area contributed by atoms with E-state index in [1.165, 1.54) is 7.11 Å². The van der Waals surface area contributed by atoms with Crippen molar-refractivity contribution in [3.63, 3.8) is 0 Å². The first-order valence-corrected chi connectivity index (χ1v) is 15.2. The van der Waals surface area contributed by atoms with Gasteiger partial charge in [-0.1, -0.05) is 44.5 Å². The van der Waals surface area contributed by atoms with Crippen molar-refractivity contribution < 1.29 is 33.6 Å². The molecule has 2 fully saturated rings. The highest BCUT2D eigenvalue weighted by Crippen LogP contribution is 2.57. The smallest absolute Gasteiger partial charge is 0.346 e. The first-order valence-electron chi connectivity index (χ1n) is 14.8. The fourth-order valence-corrected chi connectivity index (χ4v) is 7.21. The van der Waals surface area contributed by atoms with E-state index in [1.54, 1.807) is 12.1 Å². The number of carbonyl (C=O) groups excluding carboxylic acids is 2. The zero-order valence-corrected chi connectivity index (χ0v) is 25.9. The predicted molar refractivity (Wildman–Crippen MR) is 158 cm³/mol. The molecule has 0 amide bonds. The van der Waals surface area contributed by atoms with E-state index in [-0.39, 0.29) is 52.6 Å². The molecule has 2 aromatic rings. The molecule has 0 aromatic heterocycles. The second-order valence-electron chi connectivity index (χ2n) is 13.8. The molecule has 224 valence electrons. The van der Waals surface area contributed by atoms with Crippen molar-refractivity contribution in [2.45, 2.75) is 85.4 Å². The highest BCUT2D eigenvalue weighted by molar-refractivity contribution is 6.32. The molecule has 8 heteroatoms. The third kappa shape index (κ3) is 4.88. The zero-order valence-electron chi connectivity index (χ0n) is 25.1. The Bertz CT molecular complexity index is 1500. The lowest BCUT2D eigenvalue weighted by atomic mass is 9.77. The van der Waals surface area contributed by atoms with Gasteiger partial charge >= 0.3 is 11.9 Å². The lowest BCUT2D eigenvalue weighted by molar-refractivity contribution is -0.146. The first-order chi connectivity index (χ1) is 19.8. The van der Waals surface area contributed by atoms with E-state index < -0.39 is 17.5 Å². The van der Waals surface area contributed by atoms with Gasteiger partial charge < -0.3 is 24.1 Å². The summed E-state index contributed by atoms with van der Waals surface area (Å²) < 4.78 is 24.4. The van der Waals surface area contributed by atoms with E-state index in [4.69, 9.17) is 30.5 Å². The third-order valence-electron chi connectivity index (χ3n) is 9.33. The molecule has 4 aliphatic rings. The molecule has 1 heterocycles. The molecule has 6 rings (SSSR count). The summed E-state index contributed by atoms with van der Waals surface area (Å²) in [5.74, 6) is 0.789. The van der Waals surface area contributed by atoms with Crippen LogP contribution in [0.2, 0.25) is 5.02 Å². The monoisotopic (exact) mass is 594 g/mol. The van der Waals surface area contributed by atoms with Gasteiger partial charge in [0, 0.05) is 11.1 Å². The maximum atomic E-state index is 13.9. The van der Waals surface area contributed by atoms with Crippen molar-refractivity contribution in [2.75, 3.05) is 7.11 Å². The van der Waals surface area contributed by atoms with Crippen LogP contribution in [0.25, 0.3) is 0 Å². The number of hydrogen-bond donors (Lipinski definition) is 1. The number of aliphatic hydroxyl groups is 1. The number of cyclic esters (lactones) is 1. The molecule has 42 heavy (non-hydrogen) atoms. The van der Waals surface area contributed by atoms with E-state index >= 15 is 0 Å². The van der Waals surface area contributed by atoms with Gasteiger partial charge in [-0.05, 0) is 86.8 Å². The van der Waals surface area contributed by atoms with Crippen LogP contribution in [-0.4, -0.2) is 24.2 Å². The van der Waals surface area contributed by atoms with Gasteiger partial charge in [0.1, 0.15) is 23.7 Å². The van der Waals surface area contributed by atoms with Crippen LogP contribution < -0.4 is 14.2 Å². The Morgan fingerprint density at radius 1 is 1.21 bits per heavy atom. The molecular weight excluding hydrogens is 556 g/mol. The van der Waals surface area contributed by atoms with E-state index in [9.17, 15) is 14.7 Å². The molecular formula is C34H39ClO7. The first kappa shape index (κ1) is 29.1. The average Bonchev–Trinajstić information content (AvgIpc) is 3.55. The van der Waals surface area contributed by atoms with Crippen molar-refractivity contribution in [3.8, 4) is 23.0 Å². The van der Waals surface area contributed by atoms with Crippen LogP contribution in [0.4, 0.5) is 0 Å². The minimum atomic E-state index is -0.873. The van der Waals surface area contributed by atoms with E-state index in [0.717, 1.165) is 36.8 Å². The normalized spacial score (nSPS) is 25.1. The second-order valence-corrected chi connectivity index (χ2v) is 14.2. The van der Waals surface area contributed by atoms with E-state index in [2.05, 4.69) is 12.2 Å². The highest BCUT2D eigenvalue weighted by atomic mass is 35.5. The summed E-state index contributed by atoms with van der Waals surface area (Å²) in [6.45, 7) is 9.82. The van der Waals surface area contributed by atoms with Gasteiger partial charge in [0.2, 0.25) is 0 Å². The number of carbonyl (C=O) groups is 2. The van der Waals surface area contributed by atoms with Crippen LogP contribution >= 0.6 is 11.6 Å². The van der Waals surface area contributed by atoms with Gasteiger partial charge in [-0.25, -0.2) is 4.79 Å². The lowest BCUT2D eigenvalue weighted by Crippen LogP contribution is -2.36. The van der Waals surface area contributed by atoms with Gasteiger partial charge in [0.15, 0.2) is 11.5 Å². The van der Waals surface area contributed by atoms with Crippen molar-refractivity contribution in [1.29, 1.82) is 0 Å². The standard InChI is InChI=1S/C34H39ClO7/c1-17-25(19-8-9-19)30(42-32(38)34(5)14-18-7-10-20(34)13-18)29-22(27(17)35)16-40-31(37)26-24(41-29)12-11-21(28(26)39-6)23(36)15-33(2,3)4/h7,10-12,18-20,23,36H,8-9,13-16H2,1-6H3/t18-,20+,23?,34-/m0/s1. The molecule has 1 aliphatic heterocycles.